The van der Waals surface area contributed by atoms with Crippen molar-refractivity contribution in [3.05, 3.63) is 90.6 Å². The zero-order chi connectivity index (χ0) is 22.3. The quantitative estimate of drug-likeness (QED) is 0.497. The van der Waals surface area contributed by atoms with E-state index in [9.17, 15) is 18.8 Å². The van der Waals surface area contributed by atoms with Crippen molar-refractivity contribution in [2.24, 2.45) is 0 Å². The van der Waals surface area contributed by atoms with Gasteiger partial charge in [-0.2, -0.15) is 0 Å². The molecule has 0 radical (unpaired) electrons. The lowest BCUT2D eigenvalue weighted by molar-refractivity contribution is -0.116. The van der Waals surface area contributed by atoms with Gasteiger partial charge in [0, 0.05) is 0 Å². The summed E-state index contributed by atoms with van der Waals surface area (Å²) < 4.78 is 16.1. The number of halogens is 2. The molecule has 0 unspecified atom stereocenters. The topological polar surface area (TPSA) is 73.1 Å². The van der Waals surface area contributed by atoms with Gasteiger partial charge in [0.25, 0.3) is 5.56 Å². The third kappa shape index (κ3) is 3.92. The Bertz CT molecular complexity index is 1450. The maximum absolute atomic E-state index is 13.6. The van der Waals surface area contributed by atoms with E-state index in [0.29, 0.717) is 26.5 Å². The van der Waals surface area contributed by atoms with Crippen molar-refractivity contribution >= 4 is 44.7 Å². The van der Waals surface area contributed by atoms with Crippen LogP contribution in [0.4, 0.5) is 10.1 Å². The van der Waals surface area contributed by atoms with Crippen LogP contribution in [0.5, 0.6) is 0 Å². The van der Waals surface area contributed by atoms with E-state index < -0.39 is 23.0 Å². The van der Waals surface area contributed by atoms with E-state index in [2.05, 4.69) is 5.32 Å². The molecule has 6 nitrogen and oxygen atoms in total. The van der Waals surface area contributed by atoms with Crippen LogP contribution >= 0.6 is 22.9 Å². The minimum Gasteiger partial charge on any atom is -0.323 e. The molecule has 4 aromatic rings. The SMILES string of the molecule is Cc1ccc(NC(=O)Cn2c(=O)n(-c3ccc(F)cc3C)c(=O)c3sccc32)c(Cl)c1. The van der Waals surface area contributed by atoms with Crippen LogP contribution in [-0.2, 0) is 11.3 Å². The largest absolute Gasteiger partial charge is 0.336 e. The molecule has 0 aliphatic carbocycles. The highest BCUT2D eigenvalue weighted by Gasteiger charge is 2.19. The van der Waals surface area contributed by atoms with Gasteiger partial charge in [-0.05, 0) is 66.8 Å². The fourth-order valence-corrected chi connectivity index (χ4v) is 4.48. The Kier molecular flexibility index (Phi) is 5.51. The Hall–Kier alpha value is -3.23. The summed E-state index contributed by atoms with van der Waals surface area (Å²) in [5.41, 5.74) is 1.23. The van der Waals surface area contributed by atoms with E-state index in [-0.39, 0.29) is 12.2 Å². The van der Waals surface area contributed by atoms with E-state index >= 15 is 0 Å². The van der Waals surface area contributed by atoms with Gasteiger partial charge in [-0.3, -0.25) is 14.2 Å². The molecule has 2 aromatic carbocycles. The molecule has 0 saturated heterocycles. The highest BCUT2D eigenvalue weighted by molar-refractivity contribution is 7.17. The summed E-state index contributed by atoms with van der Waals surface area (Å²) in [5, 5.41) is 4.76. The molecule has 2 heterocycles. The Balaban J connectivity index is 1.81. The Morgan fingerprint density at radius 1 is 1.13 bits per heavy atom. The van der Waals surface area contributed by atoms with Crippen molar-refractivity contribution in [1.82, 2.24) is 9.13 Å². The third-order valence-electron chi connectivity index (χ3n) is 4.85. The van der Waals surface area contributed by atoms with Crippen LogP contribution in [0.2, 0.25) is 5.02 Å². The lowest BCUT2D eigenvalue weighted by Gasteiger charge is -2.14. The number of nitrogens with one attached hydrogen (secondary N) is 1. The summed E-state index contributed by atoms with van der Waals surface area (Å²) in [6, 6.07) is 10.6. The summed E-state index contributed by atoms with van der Waals surface area (Å²) in [5.74, 6) is -0.942. The van der Waals surface area contributed by atoms with Crippen molar-refractivity contribution in [3.8, 4) is 5.69 Å². The Morgan fingerprint density at radius 2 is 1.90 bits per heavy atom. The number of anilines is 1. The molecule has 0 aliphatic rings. The summed E-state index contributed by atoms with van der Waals surface area (Å²) in [6.07, 6.45) is 0. The van der Waals surface area contributed by atoms with Crippen LogP contribution in [-0.4, -0.2) is 15.0 Å². The van der Waals surface area contributed by atoms with Crippen LogP contribution in [0, 0.1) is 19.7 Å². The molecule has 1 N–H and O–H groups in total. The fourth-order valence-electron chi connectivity index (χ4n) is 3.38. The van der Waals surface area contributed by atoms with Crippen LogP contribution in [0.15, 0.2) is 57.4 Å². The van der Waals surface area contributed by atoms with Gasteiger partial charge >= 0.3 is 5.69 Å². The molecule has 0 fully saturated rings. The highest BCUT2D eigenvalue weighted by Crippen LogP contribution is 2.23. The predicted molar refractivity (Wildman–Crippen MR) is 121 cm³/mol. The molecule has 0 saturated carbocycles. The fraction of sp³-hybridized carbons (Fsp3) is 0.136. The van der Waals surface area contributed by atoms with Gasteiger partial charge < -0.3 is 5.32 Å². The molecule has 0 spiro atoms. The van der Waals surface area contributed by atoms with E-state index in [1.807, 2.05) is 13.0 Å². The molecule has 158 valence electrons. The van der Waals surface area contributed by atoms with Crippen molar-refractivity contribution in [2.75, 3.05) is 5.32 Å². The first kappa shape index (κ1) is 21.0. The van der Waals surface area contributed by atoms with Crippen molar-refractivity contribution in [1.29, 1.82) is 0 Å². The van der Waals surface area contributed by atoms with Gasteiger partial charge in [0.2, 0.25) is 5.91 Å². The average molecular weight is 458 g/mol. The van der Waals surface area contributed by atoms with Gasteiger partial charge in [0.15, 0.2) is 0 Å². The molecular weight excluding hydrogens is 441 g/mol. The average Bonchev–Trinajstić information content (AvgIpc) is 3.19. The Morgan fingerprint density at radius 3 is 2.61 bits per heavy atom. The van der Waals surface area contributed by atoms with Gasteiger partial charge in [0.05, 0.1) is 21.9 Å². The molecule has 9 heteroatoms. The number of nitrogens with zero attached hydrogens (tertiary/aromatic N) is 2. The van der Waals surface area contributed by atoms with Crippen LogP contribution in [0.25, 0.3) is 15.9 Å². The van der Waals surface area contributed by atoms with E-state index in [4.69, 9.17) is 11.6 Å². The number of carbonyl (C=O) groups is 1. The summed E-state index contributed by atoms with van der Waals surface area (Å²) in [6.45, 7) is 3.17. The molecule has 0 aliphatic heterocycles. The summed E-state index contributed by atoms with van der Waals surface area (Å²) >= 11 is 7.35. The minimum atomic E-state index is -0.684. The number of fused-ring (bicyclic) bond motifs is 1. The zero-order valence-corrected chi connectivity index (χ0v) is 18.2. The van der Waals surface area contributed by atoms with Crippen LogP contribution in [0.3, 0.4) is 0 Å². The maximum atomic E-state index is 13.6. The molecule has 0 atom stereocenters. The van der Waals surface area contributed by atoms with Crippen molar-refractivity contribution in [3.63, 3.8) is 0 Å². The normalized spacial score (nSPS) is 11.1. The molecule has 31 heavy (non-hydrogen) atoms. The number of hydrogen-bond acceptors (Lipinski definition) is 4. The first-order chi connectivity index (χ1) is 14.8. The summed E-state index contributed by atoms with van der Waals surface area (Å²) in [7, 11) is 0. The van der Waals surface area contributed by atoms with Crippen LogP contribution in [0.1, 0.15) is 11.1 Å². The molecule has 4 rings (SSSR count). The van der Waals surface area contributed by atoms with Gasteiger partial charge in [-0.15, -0.1) is 11.3 Å². The first-order valence-corrected chi connectivity index (χ1v) is 10.6. The number of aryl methyl sites for hydroxylation is 2. The highest BCUT2D eigenvalue weighted by atomic mass is 35.5. The maximum Gasteiger partial charge on any atom is 0.336 e. The minimum absolute atomic E-state index is 0.266. The second-order valence-corrected chi connectivity index (χ2v) is 8.43. The number of carbonyl (C=O) groups excluding carboxylic acids is 1. The van der Waals surface area contributed by atoms with E-state index in [1.165, 1.54) is 34.1 Å². The Labute approximate surface area is 185 Å². The lowest BCUT2D eigenvalue weighted by atomic mass is 10.2. The van der Waals surface area contributed by atoms with E-state index in [1.54, 1.807) is 30.5 Å². The number of benzene rings is 2. The predicted octanol–water partition coefficient (Wildman–Crippen LogP) is 4.26. The van der Waals surface area contributed by atoms with Gasteiger partial charge in [-0.25, -0.2) is 13.8 Å². The zero-order valence-electron chi connectivity index (χ0n) is 16.6. The van der Waals surface area contributed by atoms with Gasteiger partial charge in [-0.1, -0.05) is 17.7 Å². The number of thiophene rings is 1. The van der Waals surface area contributed by atoms with Crippen LogP contribution < -0.4 is 16.6 Å². The monoisotopic (exact) mass is 457 g/mol. The van der Waals surface area contributed by atoms with Crippen molar-refractivity contribution in [2.45, 2.75) is 20.4 Å². The second-order valence-electron chi connectivity index (χ2n) is 7.11. The number of rotatable bonds is 4. The summed E-state index contributed by atoms with van der Waals surface area (Å²) in [4.78, 5) is 39.0. The first-order valence-electron chi connectivity index (χ1n) is 9.32. The molecule has 1 amide bonds. The number of amides is 1. The lowest BCUT2D eigenvalue weighted by Crippen LogP contribution is -2.40. The second kappa shape index (κ2) is 8.13. The third-order valence-corrected chi connectivity index (χ3v) is 6.06. The van der Waals surface area contributed by atoms with Crippen molar-refractivity contribution < 1.29 is 9.18 Å². The van der Waals surface area contributed by atoms with E-state index in [0.717, 1.165) is 10.1 Å². The smallest absolute Gasteiger partial charge is 0.323 e. The molecular formula is C22H17ClFN3O3S. The van der Waals surface area contributed by atoms with Gasteiger partial charge in [0.1, 0.15) is 17.1 Å². The number of aromatic nitrogens is 2. The standard InChI is InChI=1S/C22H17ClFN3O3S/c1-12-3-5-16(15(23)9-12)25-19(28)11-26-18-7-8-31-20(18)21(29)27(22(26)30)17-6-4-14(24)10-13(17)2/h3-10H,11H2,1-2H3,(H,25,28). The number of hydrogen-bond donors (Lipinski definition) is 1. The molecule has 0 bridgehead atoms. The molecule has 2 aromatic heterocycles.